The van der Waals surface area contributed by atoms with Crippen molar-refractivity contribution in [2.45, 2.75) is 188 Å². The van der Waals surface area contributed by atoms with E-state index in [2.05, 4.69) is 20.1 Å². The Labute approximate surface area is 308 Å². The first-order valence-electron chi connectivity index (χ1n) is 20.5. The van der Waals surface area contributed by atoms with E-state index in [1.807, 2.05) is 0 Å². The van der Waals surface area contributed by atoms with Crippen molar-refractivity contribution in [1.82, 2.24) is 0 Å². The highest BCUT2D eigenvalue weighted by Crippen LogP contribution is 2.58. The van der Waals surface area contributed by atoms with Gasteiger partial charge in [0.1, 0.15) is 11.9 Å². The van der Waals surface area contributed by atoms with Gasteiger partial charge >= 0.3 is 0 Å². The number of carbonyl (C=O) groups excluding carboxylic acids is 1. The Morgan fingerprint density at radius 1 is 0.827 bits per heavy atom. The highest BCUT2D eigenvalue weighted by Gasteiger charge is 2.67. The van der Waals surface area contributed by atoms with Crippen molar-refractivity contribution < 1.29 is 47.8 Å². The van der Waals surface area contributed by atoms with Crippen LogP contribution < -0.4 is 5.73 Å². The summed E-state index contributed by atoms with van der Waals surface area (Å²) in [5.74, 6) is 0.220. The third kappa shape index (κ3) is 6.60. The standard InChI is InChI=1S/C41H61NO10/c1-20-11-26-7-8-31-21(2)12-28(46-31)9-10-41-18-35-38(51-41)30-13-23-5-6-27(48-36(23)40(52-41)39(30)50-35)14-24(43)15-29-33(17-32(47-26)22(20)3)49-34(37(29)45-4)16-25(44)19-42/h20,23,25-40,44H,2-3,5-19,42H2,1,4H3/t20-,23-,25+,26+,27-,28+,29+,30?,31+,32-,33+,34-,35+,36+,37-,38-,39-,40+,41+/m1/s1. The fourth-order valence-corrected chi connectivity index (χ4v) is 11.9. The number of carbonyl (C=O) groups is 1. The van der Waals surface area contributed by atoms with E-state index in [0.717, 1.165) is 75.4 Å². The van der Waals surface area contributed by atoms with E-state index < -0.39 is 11.9 Å². The normalized spacial score (nSPS) is 52.4. The fraction of sp³-hybridized carbons (Fsp3) is 0.878. The maximum absolute atomic E-state index is 14.1. The first kappa shape index (κ1) is 36.4. The maximum atomic E-state index is 14.1. The van der Waals surface area contributed by atoms with E-state index in [9.17, 15) is 9.90 Å². The van der Waals surface area contributed by atoms with Crippen LogP contribution >= 0.6 is 0 Å². The molecule has 10 aliphatic rings. The molecule has 1 aliphatic carbocycles. The molecule has 12 bridgehead atoms. The van der Waals surface area contributed by atoms with Gasteiger partial charge in [0.25, 0.3) is 0 Å². The molecule has 10 fully saturated rings. The fourth-order valence-electron chi connectivity index (χ4n) is 11.9. The van der Waals surface area contributed by atoms with Gasteiger partial charge in [-0.1, -0.05) is 20.1 Å². The van der Waals surface area contributed by atoms with E-state index in [4.69, 9.17) is 43.6 Å². The van der Waals surface area contributed by atoms with Gasteiger partial charge in [-0.25, -0.2) is 0 Å². The number of Topliss-reactive ketones (excluding diaryl/α,β-unsaturated/α-hetero) is 1. The highest BCUT2D eigenvalue weighted by molar-refractivity contribution is 5.79. The number of methoxy groups -OCH3 is 1. The van der Waals surface area contributed by atoms with E-state index in [0.29, 0.717) is 43.4 Å². The van der Waals surface area contributed by atoms with E-state index in [1.165, 1.54) is 0 Å². The summed E-state index contributed by atoms with van der Waals surface area (Å²) in [6.45, 7) is 11.3. The summed E-state index contributed by atoms with van der Waals surface area (Å²) in [6, 6.07) is 0. The molecule has 1 spiro atoms. The molecule has 11 heteroatoms. The Balaban J connectivity index is 0.994. The average molecular weight is 728 g/mol. The predicted octanol–water partition coefficient (Wildman–Crippen LogP) is 4.31. The minimum Gasteiger partial charge on any atom is -0.392 e. The van der Waals surface area contributed by atoms with Gasteiger partial charge in [-0.15, -0.1) is 0 Å². The molecule has 290 valence electrons. The lowest BCUT2D eigenvalue weighted by molar-refractivity contribution is -0.281. The van der Waals surface area contributed by atoms with Crippen LogP contribution in [0.4, 0.5) is 0 Å². The molecule has 0 amide bonds. The molecule has 0 radical (unpaired) electrons. The summed E-state index contributed by atoms with van der Waals surface area (Å²) in [5, 5.41) is 10.5. The third-order valence-electron chi connectivity index (χ3n) is 14.6. The van der Waals surface area contributed by atoms with Crippen LogP contribution in [0.2, 0.25) is 0 Å². The van der Waals surface area contributed by atoms with Crippen LogP contribution in [0.25, 0.3) is 0 Å². The number of aliphatic hydroxyl groups excluding tert-OH is 1. The van der Waals surface area contributed by atoms with Crippen LogP contribution in [0.5, 0.6) is 0 Å². The molecule has 9 heterocycles. The maximum Gasteiger partial charge on any atom is 0.172 e. The lowest BCUT2D eigenvalue weighted by Gasteiger charge is -2.47. The molecule has 1 saturated carbocycles. The SMILES string of the molecule is C=C1C[C@@H]2CC[C@@]34C[C@@H]5O[C@@H]6C(C[C@H]7CC[C@H](CC(=O)C[C@@H]8[C@@H](OC)[C@@H](C[C@H](O)CN)O[C@H]8C[C@H]8O[C@@H](CC[C@@H]1O2)C[C@@H](C)C8=C)O[C@@H]7[C@@H]6O3)[C@H]5O4. The molecule has 3 N–H and O–H groups in total. The first-order valence-corrected chi connectivity index (χ1v) is 20.5. The van der Waals surface area contributed by atoms with Crippen LogP contribution in [0.1, 0.15) is 96.8 Å². The second-order valence-corrected chi connectivity index (χ2v) is 17.9. The van der Waals surface area contributed by atoms with Gasteiger partial charge in [0.2, 0.25) is 0 Å². The Kier molecular flexibility index (Phi) is 10.0. The van der Waals surface area contributed by atoms with Gasteiger partial charge in [0.05, 0.1) is 79.4 Å². The molecule has 11 nitrogen and oxygen atoms in total. The monoisotopic (exact) mass is 727 g/mol. The Hall–Kier alpha value is -1.25. The Morgan fingerprint density at radius 2 is 1.62 bits per heavy atom. The molecule has 19 atom stereocenters. The molecule has 52 heavy (non-hydrogen) atoms. The molecule has 9 saturated heterocycles. The zero-order valence-corrected chi connectivity index (χ0v) is 31.1. The number of nitrogens with two attached hydrogens (primary N) is 1. The predicted molar refractivity (Wildman–Crippen MR) is 189 cm³/mol. The lowest BCUT2D eigenvalue weighted by Crippen LogP contribution is -2.56. The number of hydrogen-bond donors (Lipinski definition) is 2. The zero-order chi connectivity index (χ0) is 35.9. The summed E-state index contributed by atoms with van der Waals surface area (Å²) in [5.41, 5.74) is 8.05. The van der Waals surface area contributed by atoms with Crippen molar-refractivity contribution >= 4 is 5.78 Å². The van der Waals surface area contributed by atoms with Gasteiger partial charge in [-0.05, 0) is 74.3 Å². The smallest absolute Gasteiger partial charge is 0.172 e. The molecule has 0 aromatic carbocycles. The highest BCUT2D eigenvalue weighted by atomic mass is 16.8. The van der Waals surface area contributed by atoms with Crippen LogP contribution in [-0.4, -0.2) is 116 Å². The van der Waals surface area contributed by atoms with Crippen molar-refractivity contribution in [2.75, 3.05) is 13.7 Å². The summed E-state index contributed by atoms with van der Waals surface area (Å²) >= 11 is 0. The molecule has 10 rings (SSSR count). The number of ether oxygens (including phenoxy) is 8. The summed E-state index contributed by atoms with van der Waals surface area (Å²) in [6.07, 6.45) is 8.03. The number of ketones is 1. The second-order valence-electron chi connectivity index (χ2n) is 17.9. The van der Waals surface area contributed by atoms with Crippen molar-refractivity contribution in [3.63, 3.8) is 0 Å². The minimum absolute atomic E-state index is 0.00424. The molecular weight excluding hydrogens is 666 g/mol. The van der Waals surface area contributed by atoms with Gasteiger partial charge in [0.15, 0.2) is 5.79 Å². The summed E-state index contributed by atoms with van der Waals surface area (Å²) < 4.78 is 53.8. The second kappa shape index (κ2) is 14.4. The number of hydrogen-bond acceptors (Lipinski definition) is 11. The summed E-state index contributed by atoms with van der Waals surface area (Å²) in [7, 11) is 1.67. The largest absolute Gasteiger partial charge is 0.392 e. The quantitative estimate of drug-likeness (QED) is 0.401. The van der Waals surface area contributed by atoms with Crippen molar-refractivity contribution in [2.24, 2.45) is 29.4 Å². The number of fused-ring (bicyclic) bond motifs is 6. The Morgan fingerprint density at radius 3 is 2.44 bits per heavy atom. The van der Waals surface area contributed by atoms with Crippen molar-refractivity contribution in [3.8, 4) is 0 Å². The number of rotatable bonds is 4. The lowest BCUT2D eigenvalue weighted by atomic mass is 9.70. The molecule has 0 aromatic rings. The topological polar surface area (TPSA) is 137 Å². The van der Waals surface area contributed by atoms with E-state index in [1.54, 1.807) is 7.11 Å². The van der Waals surface area contributed by atoms with Crippen LogP contribution in [-0.2, 0) is 42.7 Å². The van der Waals surface area contributed by atoms with Crippen LogP contribution in [0.15, 0.2) is 24.3 Å². The minimum atomic E-state index is -0.717. The zero-order valence-electron chi connectivity index (χ0n) is 31.1. The van der Waals surface area contributed by atoms with Crippen molar-refractivity contribution in [3.05, 3.63) is 24.3 Å². The average Bonchev–Trinajstić information content (AvgIpc) is 3.79. The summed E-state index contributed by atoms with van der Waals surface area (Å²) in [4.78, 5) is 14.1. The van der Waals surface area contributed by atoms with E-state index in [-0.39, 0.29) is 97.6 Å². The number of aliphatic hydroxyl groups is 1. The van der Waals surface area contributed by atoms with Crippen LogP contribution in [0.3, 0.4) is 0 Å². The molecule has 0 aromatic heterocycles. The molecule has 1 unspecified atom stereocenters. The first-order chi connectivity index (χ1) is 25.1. The van der Waals surface area contributed by atoms with Gasteiger partial charge < -0.3 is 48.7 Å². The van der Waals surface area contributed by atoms with Gasteiger partial charge in [0, 0.05) is 64.0 Å². The third-order valence-corrected chi connectivity index (χ3v) is 14.6. The Bertz CT molecular complexity index is 1380. The van der Waals surface area contributed by atoms with Crippen molar-refractivity contribution in [1.29, 1.82) is 0 Å². The molecule has 9 aliphatic heterocycles. The van der Waals surface area contributed by atoms with Gasteiger partial charge in [-0.3, -0.25) is 4.79 Å². The van der Waals surface area contributed by atoms with Gasteiger partial charge in [-0.2, -0.15) is 0 Å². The van der Waals surface area contributed by atoms with Crippen LogP contribution in [0, 0.1) is 23.7 Å². The molecular formula is C41H61NO10. The van der Waals surface area contributed by atoms with E-state index >= 15 is 0 Å².